The molecule has 3 aromatic heterocycles. The number of thioether (sulfide) groups is 1. The molecule has 42 nitrogen and oxygen atoms in total. The maximum absolute atomic E-state index is 15.8. The number of aryl methyl sites for hydroxylation is 1. The normalized spacial score (nSPS) is 24.1. The molecule has 9 rings (SSSR count). The molecule has 136 heavy (non-hydrogen) atoms. The summed E-state index contributed by atoms with van der Waals surface area (Å²) in [5.41, 5.74) is 20.5. The van der Waals surface area contributed by atoms with Gasteiger partial charge in [0.05, 0.1) is 31.7 Å². The molecule has 0 spiro atoms. The summed E-state index contributed by atoms with van der Waals surface area (Å²) in [4.78, 5) is 270. The first kappa shape index (κ1) is 106. The van der Waals surface area contributed by atoms with Crippen molar-refractivity contribution in [3.8, 4) is 0 Å². The van der Waals surface area contributed by atoms with Crippen molar-refractivity contribution in [2.45, 2.75) is 248 Å². The number of amides is 17. The minimum absolute atomic E-state index is 0.000622. The van der Waals surface area contributed by atoms with Gasteiger partial charge in [0.1, 0.15) is 84.6 Å². The number of nitrogens with one attached hydrogen (secondary N) is 15. The maximum atomic E-state index is 15.8. The van der Waals surface area contributed by atoms with Crippen LogP contribution in [0.4, 0.5) is 0 Å². The monoisotopic (exact) mass is 1900 g/mol. The molecular formula is C93H132N24O18S. The molecule has 6 heterocycles. The Balaban J connectivity index is 1.09. The van der Waals surface area contributed by atoms with Crippen molar-refractivity contribution < 1.29 is 86.6 Å². The summed E-state index contributed by atoms with van der Waals surface area (Å²) in [5.74, 6) is -16.6. The van der Waals surface area contributed by atoms with Gasteiger partial charge in [0.2, 0.25) is 100 Å². The largest absolute Gasteiger partial charge is 0.394 e. The Morgan fingerprint density at radius 1 is 0.515 bits per heavy atom. The van der Waals surface area contributed by atoms with Gasteiger partial charge in [-0.3, -0.25) is 86.9 Å². The van der Waals surface area contributed by atoms with E-state index in [9.17, 15) is 48.3 Å². The van der Waals surface area contributed by atoms with Crippen LogP contribution in [-0.2, 0) is 107 Å². The van der Waals surface area contributed by atoms with Crippen LogP contribution in [0.5, 0.6) is 0 Å². The van der Waals surface area contributed by atoms with Crippen LogP contribution in [0.2, 0.25) is 0 Å². The number of fused-ring (bicyclic) bond motifs is 4. The number of nitrogens with zero attached hydrogens (tertiary/aromatic N) is 6. The third-order valence-electron chi connectivity index (χ3n) is 24.7. The van der Waals surface area contributed by atoms with Crippen molar-refractivity contribution >= 4 is 140 Å². The van der Waals surface area contributed by atoms with Crippen LogP contribution in [0.1, 0.15) is 160 Å². The van der Waals surface area contributed by atoms with Gasteiger partial charge in [-0.15, -0.1) is 11.8 Å². The minimum atomic E-state index is -1.84. The Morgan fingerprint density at radius 3 is 1.59 bits per heavy atom. The summed E-state index contributed by atoms with van der Waals surface area (Å²) in [6.45, 7) is 6.79. The fourth-order valence-corrected chi connectivity index (χ4v) is 18.0. The number of guanidine groups is 1. The molecule has 0 aliphatic carbocycles. The highest BCUT2D eigenvalue weighted by molar-refractivity contribution is 8.00. The lowest BCUT2D eigenvalue weighted by atomic mass is 10.00. The number of H-pyrrole nitrogens is 3. The van der Waals surface area contributed by atoms with Crippen molar-refractivity contribution in [1.29, 1.82) is 5.41 Å². The molecule has 0 unspecified atom stereocenters. The van der Waals surface area contributed by atoms with Crippen LogP contribution >= 0.6 is 11.8 Å². The van der Waals surface area contributed by atoms with Crippen LogP contribution in [0.25, 0.3) is 21.8 Å². The average molecular weight is 1910 g/mol. The van der Waals surface area contributed by atoms with Gasteiger partial charge in [0, 0.05) is 112 Å². The number of carbonyl (C=O) groups is 17. The molecule has 14 atom stereocenters. The summed E-state index contributed by atoms with van der Waals surface area (Å²) in [6.07, 6.45) is 7.42. The van der Waals surface area contributed by atoms with Crippen molar-refractivity contribution in [2.24, 2.45) is 23.1 Å². The number of aromatic amines is 3. The molecular weight excluding hydrogens is 1770 g/mol. The molecule has 43 heteroatoms. The van der Waals surface area contributed by atoms with Gasteiger partial charge < -0.3 is 120 Å². The Labute approximate surface area is 793 Å². The standard InChI is InChI=1S/C93H132N24O18S/c1-9-11-33-72-85(128)105-63(32-21-37-99-93(96)97)81(124)112-71(80(123)102-48-77(95)120)50-136-51-78(121)104-64(31-20-26-55-24-14-13-15-25-55)88(131)113(6)54(5)79(122)108-69(44-76(94)119)91(134)117-39-23-36-74(117)87(130)107-66(43-58-47-98-52-103-58)83(126)109-67(40-53(3)4)90(133)116-38-22-35-73(116)86(129)106-65(41-56-45-100-61-29-18-16-27-59(56)61)82(125)111-70(49-118)84(127)110-68(42-57-46-101-62-30-19-17-28-60(57)62)89(132)115(8)75(34-12-10-2)92(135)114(72)7/h13-19,24-25,27-30,45-47,52-54,63-75,100-101,118H,9-12,20-23,26,31-44,48-51H2,1-8H3,(H2,94,119)(H2,95,120)(H,98,103)(H,102,123)(H,104,121)(H,105,128)(H,106,129)(H,107,130)(H,108,122)(H,109,126)(H,110,127)(H,111,125)(H,112,124)(H4,96,97,99)/t54-,63-,64-,65-,66-,67-,68-,69-,70-,71-,72-,73-,74-,75-/m0/s1. The summed E-state index contributed by atoms with van der Waals surface area (Å²) in [6, 6.07) is 2.68. The van der Waals surface area contributed by atoms with Crippen LogP contribution in [0.15, 0.2) is 104 Å². The topological polar surface area (TPSA) is 621 Å². The molecule has 738 valence electrons. The molecule has 0 bridgehead atoms. The van der Waals surface area contributed by atoms with Gasteiger partial charge in [-0.2, -0.15) is 0 Å². The van der Waals surface area contributed by atoms with E-state index >= 15 is 38.4 Å². The lowest BCUT2D eigenvalue weighted by Gasteiger charge is -2.36. The Hall–Kier alpha value is -13.5. The van der Waals surface area contributed by atoms with E-state index in [1.807, 2.05) is 44.2 Å². The molecule has 3 fully saturated rings. The van der Waals surface area contributed by atoms with Gasteiger partial charge >= 0.3 is 0 Å². The van der Waals surface area contributed by atoms with Crippen molar-refractivity contribution in [1.82, 2.24) is 103 Å². The first-order valence-electron chi connectivity index (χ1n) is 46.4. The number of unbranched alkanes of at least 4 members (excludes halogenated alkanes) is 2. The molecule has 17 amide bonds. The number of hydrogen-bond acceptors (Lipinski definition) is 21. The van der Waals surface area contributed by atoms with E-state index in [1.165, 1.54) is 50.4 Å². The van der Waals surface area contributed by atoms with Gasteiger partial charge in [-0.25, -0.2) is 4.98 Å². The number of primary amides is 2. The van der Waals surface area contributed by atoms with Gasteiger partial charge in [0.25, 0.3) is 0 Å². The zero-order chi connectivity index (χ0) is 99.0. The van der Waals surface area contributed by atoms with E-state index in [2.05, 4.69) is 78.4 Å². The Morgan fingerprint density at radius 2 is 1.02 bits per heavy atom. The fraction of sp³-hybridized carbons (Fsp3) is 0.538. The molecule has 3 aromatic carbocycles. The first-order chi connectivity index (χ1) is 65.0. The molecule has 6 aromatic rings. The Bertz CT molecular complexity index is 5190. The van der Waals surface area contributed by atoms with E-state index in [-0.39, 0.29) is 109 Å². The zero-order valence-electron chi connectivity index (χ0n) is 78.3. The summed E-state index contributed by atoms with van der Waals surface area (Å²) in [5, 5.41) is 50.0. The minimum Gasteiger partial charge on any atom is -0.394 e. The van der Waals surface area contributed by atoms with Crippen LogP contribution in [0, 0.1) is 11.3 Å². The summed E-state index contributed by atoms with van der Waals surface area (Å²) < 4.78 is 0. The Kier molecular flexibility index (Phi) is 40.5. The van der Waals surface area contributed by atoms with Gasteiger partial charge in [-0.05, 0) is 119 Å². The number of carbonyl (C=O) groups excluding carboxylic acids is 17. The first-order valence-corrected chi connectivity index (χ1v) is 47.5. The lowest BCUT2D eigenvalue weighted by molar-refractivity contribution is -0.149. The number of rotatable bonds is 28. The molecule has 3 saturated heterocycles. The molecule has 0 saturated carbocycles. The van der Waals surface area contributed by atoms with Crippen molar-refractivity contribution in [3.63, 3.8) is 0 Å². The van der Waals surface area contributed by atoms with E-state index in [4.69, 9.17) is 22.6 Å². The van der Waals surface area contributed by atoms with E-state index in [0.717, 1.165) is 32.0 Å². The number of aliphatic hydroxyl groups is 1. The number of hydrogen-bond donors (Lipinski definition) is 19. The fourth-order valence-electron chi connectivity index (χ4n) is 17.1. The lowest BCUT2D eigenvalue weighted by Crippen LogP contribution is -2.62. The number of benzene rings is 3. The number of imidazole rings is 1. The van der Waals surface area contributed by atoms with Crippen LogP contribution < -0.4 is 75.7 Å². The highest BCUT2D eigenvalue weighted by atomic mass is 32.2. The highest BCUT2D eigenvalue weighted by Gasteiger charge is 2.46. The van der Waals surface area contributed by atoms with Crippen LogP contribution in [0.3, 0.4) is 0 Å². The number of likely N-dealkylation sites (N-methyl/N-ethyl adjacent to an activating group) is 3. The SMILES string of the molecule is CCCC[C@H]1C(=O)N(C)[C@@H](CCCC)C(=O)N[C@@H](CCCNC(=N)N)C(=O)N[C@H](C(=O)NCC(N)=O)CSCC(=O)N[C@@H](CCCc2ccccc2)C(=O)N(C)[C@@H](C)C(=O)N[C@@H](CC(N)=O)C(=O)N2CCC[C@H]2C(=O)N[C@@H](Cc2cnc[nH]2)C(=O)N[C@@H](CC(C)C)C(=O)N2CCC[C@H]2C(=O)N[C@@H](Cc2c[nH]c3ccccc23)C(=O)N[C@@H](CO)C(=O)N[C@@H](Cc2c[nH]c3ccccc23)C(=O)N1C. The second-order valence-corrected chi connectivity index (χ2v) is 36.3. The van der Waals surface area contributed by atoms with Crippen LogP contribution in [-0.4, -0.2) is 306 Å². The molecule has 3 aliphatic heterocycles. The van der Waals surface area contributed by atoms with Crippen molar-refractivity contribution in [2.75, 3.05) is 65.4 Å². The quantitative estimate of drug-likeness (QED) is 0.0162. The second-order valence-electron chi connectivity index (χ2n) is 35.3. The smallest absolute Gasteiger partial charge is 0.246 e. The molecule has 22 N–H and O–H groups in total. The second kappa shape index (κ2) is 51.8. The third-order valence-corrected chi connectivity index (χ3v) is 25.8. The summed E-state index contributed by atoms with van der Waals surface area (Å²) >= 11 is 0.812. The number of para-hydroxylation sites is 2. The predicted molar refractivity (Wildman–Crippen MR) is 506 cm³/mol. The van der Waals surface area contributed by atoms with E-state index in [1.54, 1.807) is 74.8 Å². The number of nitrogens with two attached hydrogens (primary N) is 3. The van der Waals surface area contributed by atoms with Gasteiger partial charge in [0.15, 0.2) is 5.96 Å². The average Bonchev–Trinajstić information content (AvgIpc) is 1.72. The third kappa shape index (κ3) is 30.0. The molecule has 0 radical (unpaired) electrons. The maximum Gasteiger partial charge on any atom is 0.246 e. The number of aliphatic hydroxyl groups excluding tert-OH is 1. The number of aromatic nitrogens is 4. The molecule has 3 aliphatic rings. The summed E-state index contributed by atoms with van der Waals surface area (Å²) in [7, 11) is 4.01. The predicted octanol–water partition coefficient (Wildman–Crippen LogP) is -0.825. The van der Waals surface area contributed by atoms with E-state index < -0.39 is 222 Å². The zero-order valence-corrected chi connectivity index (χ0v) is 79.1. The van der Waals surface area contributed by atoms with Gasteiger partial charge in [-0.1, -0.05) is 120 Å². The van der Waals surface area contributed by atoms with E-state index in [0.29, 0.717) is 77.2 Å². The van der Waals surface area contributed by atoms with Crippen molar-refractivity contribution in [3.05, 3.63) is 126 Å². The highest BCUT2D eigenvalue weighted by Crippen LogP contribution is 2.28.